The third kappa shape index (κ3) is 6.71. The van der Waals surface area contributed by atoms with Crippen molar-refractivity contribution in [1.82, 2.24) is 19.7 Å². The van der Waals surface area contributed by atoms with Crippen LogP contribution in [0.1, 0.15) is 37.1 Å². The molecule has 176 valence electrons. The highest BCUT2D eigenvalue weighted by Gasteiger charge is 2.31. The molecule has 1 saturated heterocycles. The topological polar surface area (TPSA) is 63.2 Å². The van der Waals surface area contributed by atoms with E-state index in [9.17, 15) is 18.0 Å². The lowest BCUT2D eigenvalue weighted by Gasteiger charge is -2.31. The summed E-state index contributed by atoms with van der Waals surface area (Å²) in [5.41, 5.74) is 2.13. The summed E-state index contributed by atoms with van der Waals surface area (Å²) in [4.78, 5) is 19.1. The number of hydrogen-bond acceptors (Lipinski definition) is 4. The summed E-state index contributed by atoms with van der Waals surface area (Å²) in [5.74, 6) is 0.389. The van der Waals surface area contributed by atoms with Crippen molar-refractivity contribution in [1.29, 1.82) is 0 Å². The van der Waals surface area contributed by atoms with Gasteiger partial charge in [-0.1, -0.05) is 6.07 Å². The fourth-order valence-electron chi connectivity index (χ4n) is 4.31. The average Bonchev–Trinajstić information content (AvgIpc) is 3.15. The number of alkyl halides is 3. The van der Waals surface area contributed by atoms with E-state index in [2.05, 4.69) is 25.8 Å². The summed E-state index contributed by atoms with van der Waals surface area (Å²) in [6.07, 6.45) is 2.71. The second-order valence-electron chi connectivity index (χ2n) is 8.43. The fourth-order valence-corrected chi connectivity index (χ4v) is 4.31. The number of H-pyrrole nitrogens is 1. The van der Waals surface area contributed by atoms with E-state index in [1.165, 1.54) is 35.4 Å². The van der Waals surface area contributed by atoms with Gasteiger partial charge in [-0.2, -0.15) is 0 Å². The first kappa shape index (κ1) is 23.1. The van der Waals surface area contributed by atoms with Crippen molar-refractivity contribution in [2.45, 2.75) is 45.0 Å². The summed E-state index contributed by atoms with van der Waals surface area (Å²) in [7, 11) is 0. The van der Waals surface area contributed by atoms with Crippen LogP contribution in [0.5, 0.6) is 5.75 Å². The molecule has 9 heteroatoms. The first-order valence-electron chi connectivity index (χ1n) is 11.1. The molecule has 0 aliphatic carbocycles. The minimum atomic E-state index is -4.75. The van der Waals surface area contributed by atoms with Gasteiger partial charge in [-0.15, -0.1) is 13.2 Å². The van der Waals surface area contributed by atoms with Gasteiger partial charge in [0.2, 0.25) is 0 Å². The first-order valence-corrected chi connectivity index (χ1v) is 11.1. The lowest BCUT2D eigenvalue weighted by atomic mass is 9.91. The Balaban J connectivity index is 1.26. The van der Waals surface area contributed by atoms with E-state index in [0.29, 0.717) is 18.2 Å². The zero-order valence-electron chi connectivity index (χ0n) is 18.2. The second kappa shape index (κ2) is 10.2. The lowest BCUT2D eigenvalue weighted by Crippen LogP contribution is -2.33. The molecule has 3 aromatic rings. The van der Waals surface area contributed by atoms with E-state index in [0.717, 1.165) is 50.2 Å². The molecule has 0 amide bonds. The number of hydrogen-bond donors (Lipinski definition) is 1. The van der Waals surface area contributed by atoms with Gasteiger partial charge >= 0.3 is 6.36 Å². The second-order valence-corrected chi connectivity index (χ2v) is 8.43. The molecule has 1 aromatic carbocycles. The maximum absolute atomic E-state index is 12.4. The minimum absolute atomic E-state index is 0.251. The summed E-state index contributed by atoms with van der Waals surface area (Å²) in [5, 5.41) is 3.07. The van der Waals surface area contributed by atoms with Crippen LogP contribution in [0, 0.1) is 5.92 Å². The van der Waals surface area contributed by atoms with Gasteiger partial charge in [-0.25, -0.2) is 4.68 Å². The van der Waals surface area contributed by atoms with Crippen LogP contribution in [0.2, 0.25) is 0 Å². The molecule has 6 nitrogen and oxygen atoms in total. The van der Waals surface area contributed by atoms with Gasteiger partial charge in [-0.05, 0) is 87.5 Å². The largest absolute Gasteiger partial charge is 0.573 e. The Bertz CT molecular complexity index is 1070. The number of aromatic nitrogens is 3. The van der Waals surface area contributed by atoms with Crippen molar-refractivity contribution < 1.29 is 17.9 Å². The standard InChI is InChI=1S/C24H27F3N4O2/c25-24(26,27)33-22-9-7-21(8-10-22)31-23(32)16-20(29-31)17-30-14-11-18(12-15-30)4-3-6-19-5-1-2-13-28-19/h1-2,5,7-10,13,16,18,29H,3-4,6,11-12,14-15,17H2. The van der Waals surface area contributed by atoms with Gasteiger partial charge < -0.3 is 4.74 Å². The van der Waals surface area contributed by atoms with Crippen molar-refractivity contribution in [3.63, 3.8) is 0 Å². The molecule has 0 spiro atoms. The number of halogens is 3. The monoisotopic (exact) mass is 460 g/mol. The predicted molar refractivity (Wildman–Crippen MR) is 118 cm³/mol. The van der Waals surface area contributed by atoms with Crippen molar-refractivity contribution in [2.75, 3.05) is 13.1 Å². The highest BCUT2D eigenvalue weighted by Crippen LogP contribution is 2.25. The molecule has 0 radical (unpaired) electrons. The first-order chi connectivity index (χ1) is 15.9. The van der Waals surface area contributed by atoms with Crippen LogP contribution in [0.4, 0.5) is 13.2 Å². The van der Waals surface area contributed by atoms with E-state index in [1.807, 2.05) is 18.3 Å². The normalized spacial score (nSPS) is 15.6. The Labute approximate surface area is 190 Å². The molecule has 1 aliphatic rings. The lowest BCUT2D eigenvalue weighted by molar-refractivity contribution is -0.274. The molecular weight excluding hydrogens is 433 g/mol. The third-order valence-corrected chi connectivity index (χ3v) is 5.97. The Kier molecular flexibility index (Phi) is 7.17. The number of ether oxygens (including phenoxy) is 1. The van der Waals surface area contributed by atoms with E-state index in [4.69, 9.17) is 0 Å². The van der Waals surface area contributed by atoms with E-state index < -0.39 is 6.36 Å². The number of aryl methyl sites for hydroxylation is 1. The Hall–Kier alpha value is -3.07. The predicted octanol–water partition coefficient (Wildman–Crippen LogP) is 4.69. The van der Waals surface area contributed by atoms with Crippen molar-refractivity contribution in [2.24, 2.45) is 5.92 Å². The van der Waals surface area contributed by atoms with Crippen molar-refractivity contribution in [3.8, 4) is 11.4 Å². The molecule has 33 heavy (non-hydrogen) atoms. The number of likely N-dealkylation sites (tertiary alicyclic amines) is 1. The number of aromatic amines is 1. The summed E-state index contributed by atoms with van der Waals surface area (Å²) < 4.78 is 42.2. The third-order valence-electron chi connectivity index (χ3n) is 5.97. The molecule has 1 aliphatic heterocycles. The number of rotatable bonds is 8. The summed E-state index contributed by atoms with van der Waals surface area (Å²) in [6, 6.07) is 12.8. The van der Waals surface area contributed by atoms with Crippen LogP contribution in [-0.2, 0) is 13.0 Å². The fraction of sp³-hybridized carbons (Fsp3) is 0.417. The van der Waals surface area contributed by atoms with Gasteiger partial charge in [0.15, 0.2) is 0 Å². The molecule has 0 unspecified atom stereocenters. The maximum Gasteiger partial charge on any atom is 0.573 e. The zero-order chi connectivity index (χ0) is 23.3. The molecule has 0 bridgehead atoms. The highest BCUT2D eigenvalue weighted by molar-refractivity contribution is 5.37. The number of pyridine rings is 1. The average molecular weight is 461 g/mol. The maximum atomic E-state index is 12.4. The van der Waals surface area contributed by atoms with Crippen LogP contribution < -0.4 is 10.3 Å². The van der Waals surface area contributed by atoms with Crippen LogP contribution in [-0.4, -0.2) is 39.1 Å². The van der Waals surface area contributed by atoms with Crippen LogP contribution in [0.15, 0.2) is 59.5 Å². The van der Waals surface area contributed by atoms with Gasteiger partial charge in [0.1, 0.15) is 5.75 Å². The van der Waals surface area contributed by atoms with E-state index in [-0.39, 0.29) is 11.3 Å². The van der Waals surface area contributed by atoms with Crippen LogP contribution >= 0.6 is 0 Å². The van der Waals surface area contributed by atoms with Gasteiger partial charge in [0.05, 0.1) is 11.4 Å². The van der Waals surface area contributed by atoms with Gasteiger partial charge in [0, 0.05) is 24.5 Å². The number of nitrogens with one attached hydrogen (secondary N) is 1. The van der Waals surface area contributed by atoms with Crippen LogP contribution in [0.25, 0.3) is 5.69 Å². The van der Waals surface area contributed by atoms with Crippen LogP contribution in [0.3, 0.4) is 0 Å². The SMILES string of the molecule is O=c1cc(CN2CCC(CCCc3ccccn3)CC2)[nH]n1-c1ccc(OC(F)(F)F)cc1. The quantitative estimate of drug-likeness (QED) is 0.530. The van der Waals surface area contributed by atoms with Gasteiger partial charge in [0.25, 0.3) is 5.56 Å². The van der Waals surface area contributed by atoms with E-state index in [1.54, 1.807) is 6.07 Å². The molecule has 4 rings (SSSR count). The summed E-state index contributed by atoms with van der Waals surface area (Å²) in [6.45, 7) is 2.59. The Morgan fingerprint density at radius 2 is 1.85 bits per heavy atom. The molecular formula is C24H27F3N4O2. The van der Waals surface area contributed by atoms with Gasteiger partial charge in [-0.3, -0.25) is 19.8 Å². The zero-order valence-corrected chi connectivity index (χ0v) is 18.2. The minimum Gasteiger partial charge on any atom is -0.406 e. The molecule has 0 atom stereocenters. The number of nitrogens with zero attached hydrogens (tertiary/aromatic N) is 3. The Morgan fingerprint density at radius 1 is 1.09 bits per heavy atom. The molecule has 1 N–H and O–H groups in total. The number of benzene rings is 1. The van der Waals surface area contributed by atoms with E-state index >= 15 is 0 Å². The molecule has 0 saturated carbocycles. The highest BCUT2D eigenvalue weighted by atomic mass is 19.4. The van der Waals surface area contributed by atoms with Crippen molar-refractivity contribution >= 4 is 0 Å². The van der Waals surface area contributed by atoms with Crippen molar-refractivity contribution in [3.05, 3.63) is 76.5 Å². The molecule has 2 aromatic heterocycles. The smallest absolute Gasteiger partial charge is 0.406 e. The molecule has 1 fully saturated rings. The molecule has 3 heterocycles. The summed E-state index contributed by atoms with van der Waals surface area (Å²) >= 11 is 0. The number of piperidine rings is 1. The Morgan fingerprint density at radius 3 is 2.52 bits per heavy atom.